The molecule has 0 heterocycles. The molecule has 1 fully saturated rings. The number of hydrogen-bond acceptors (Lipinski definition) is 3. The molecule has 1 aromatic rings. The Morgan fingerprint density at radius 2 is 1.95 bits per heavy atom. The summed E-state index contributed by atoms with van der Waals surface area (Å²) in [4.78, 5) is 0. The Bertz CT molecular complexity index is 487. The van der Waals surface area contributed by atoms with E-state index in [-0.39, 0.29) is 6.04 Å². The normalized spacial score (nSPS) is 16.3. The number of methoxy groups -OCH3 is 2. The molecule has 1 aliphatic carbocycles. The third kappa shape index (κ3) is 4.24. The van der Waals surface area contributed by atoms with Gasteiger partial charge in [0.1, 0.15) is 11.5 Å². The molecule has 0 saturated heterocycles. The van der Waals surface area contributed by atoms with Crippen LogP contribution in [-0.2, 0) is 0 Å². The van der Waals surface area contributed by atoms with Gasteiger partial charge < -0.3 is 20.1 Å². The molecule has 1 unspecified atom stereocenters. The number of nitrogens with one attached hydrogen (secondary N) is 2. The molecule has 0 aliphatic heterocycles. The van der Waals surface area contributed by atoms with E-state index < -0.39 is 0 Å². The van der Waals surface area contributed by atoms with E-state index in [1.807, 2.05) is 18.2 Å². The monoisotopic (exact) mass is 308 g/mol. The highest BCUT2D eigenvalue weighted by molar-refractivity contribution is 7.80. The summed E-state index contributed by atoms with van der Waals surface area (Å²) < 4.78 is 10.7. The second-order valence-corrected chi connectivity index (χ2v) is 5.84. The number of hydrogen-bond donors (Lipinski definition) is 2. The average Bonchev–Trinajstić information content (AvgIpc) is 2.99. The maximum Gasteiger partial charge on any atom is 0.166 e. The van der Waals surface area contributed by atoms with E-state index in [9.17, 15) is 0 Å². The van der Waals surface area contributed by atoms with E-state index in [4.69, 9.17) is 21.7 Å². The van der Waals surface area contributed by atoms with Crippen molar-refractivity contribution >= 4 is 17.3 Å². The second kappa shape index (κ2) is 7.50. The molecule has 2 rings (SSSR count). The summed E-state index contributed by atoms with van der Waals surface area (Å²) in [7, 11) is 3.34. The highest BCUT2D eigenvalue weighted by Crippen LogP contribution is 2.29. The number of rotatable bonds is 5. The summed E-state index contributed by atoms with van der Waals surface area (Å²) in [5, 5.41) is 7.44. The van der Waals surface area contributed by atoms with Crippen LogP contribution in [-0.4, -0.2) is 25.4 Å². The Kier molecular flexibility index (Phi) is 5.67. The summed E-state index contributed by atoms with van der Waals surface area (Å²) in [5.41, 5.74) is 1.03. The third-order valence-electron chi connectivity index (χ3n) is 3.94. The Hall–Kier alpha value is -1.49. The minimum atomic E-state index is 0.0523. The zero-order valence-corrected chi connectivity index (χ0v) is 13.8. The Morgan fingerprint density at radius 3 is 2.57 bits per heavy atom. The lowest BCUT2D eigenvalue weighted by atomic mass is 10.1. The topological polar surface area (TPSA) is 42.5 Å². The van der Waals surface area contributed by atoms with E-state index in [1.54, 1.807) is 14.2 Å². The van der Waals surface area contributed by atoms with Crippen LogP contribution in [0.25, 0.3) is 0 Å². The molecule has 0 radical (unpaired) electrons. The van der Waals surface area contributed by atoms with Gasteiger partial charge in [-0.05, 0) is 50.2 Å². The van der Waals surface area contributed by atoms with Gasteiger partial charge in [0.15, 0.2) is 5.11 Å². The van der Waals surface area contributed by atoms with E-state index >= 15 is 0 Å². The van der Waals surface area contributed by atoms with Gasteiger partial charge in [-0.1, -0.05) is 12.8 Å². The molecule has 5 heteroatoms. The van der Waals surface area contributed by atoms with Gasteiger partial charge in [-0.3, -0.25) is 0 Å². The largest absolute Gasteiger partial charge is 0.497 e. The van der Waals surface area contributed by atoms with Crippen LogP contribution in [0.5, 0.6) is 11.5 Å². The molecule has 1 saturated carbocycles. The zero-order chi connectivity index (χ0) is 15.2. The minimum Gasteiger partial charge on any atom is -0.497 e. The van der Waals surface area contributed by atoms with Crippen LogP contribution in [0, 0.1) is 0 Å². The summed E-state index contributed by atoms with van der Waals surface area (Å²) in [6.07, 6.45) is 5.00. The molecule has 0 spiro atoms. The predicted molar refractivity (Wildman–Crippen MR) is 89.1 cm³/mol. The van der Waals surface area contributed by atoms with Gasteiger partial charge in [0, 0.05) is 11.6 Å². The molecule has 1 aromatic carbocycles. The van der Waals surface area contributed by atoms with Crippen molar-refractivity contribution in [3.63, 3.8) is 0 Å². The maximum atomic E-state index is 5.42. The first-order valence-corrected chi connectivity index (χ1v) is 7.84. The van der Waals surface area contributed by atoms with Gasteiger partial charge >= 0.3 is 0 Å². The molecule has 0 amide bonds. The fourth-order valence-corrected chi connectivity index (χ4v) is 3.09. The summed E-state index contributed by atoms with van der Waals surface area (Å²) in [6, 6.07) is 6.36. The fourth-order valence-electron chi connectivity index (χ4n) is 2.75. The maximum absolute atomic E-state index is 5.42. The van der Waals surface area contributed by atoms with Crippen molar-refractivity contribution in [2.45, 2.75) is 44.7 Å². The Morgan fingerprint density at radius 1 is 1.24 bits per heavy atom. The lowest BCUT2D eigenvalue weighted by molar-refractivity contribution is 0.394. The third-order valence-corrected chi connectivity index (χ3v) is 4.18. The molecule has 2 N–H and O–H groups in total. The lowest BCUT2D eigenvalue weighted by Gasteiger charge is -2.22. The molecular formula is C16H24N2O2S. The van der Waals surface area contributed by atoms with Crippen molar-refractivity contribution < 1.29 is 9.47 Å². The van der Waals surface area contributed by atoms with Crippen LogP contribution in [0.3, 0.4) is 0 Å². The van der Waals surface area contributed by atoms with Gasteiger partial charge in [0.25, 0.3) is 0 Å². The first-order chi connectivity index (χ1) is 10.1. The van der Waals surface area contributed by atoms with Crippen molar-refractivity contribution in [3.8, 4) is 11.5 Å². The molecule has 4 nitrogen and oxygen atoms in total. The van der Waals surface area contributed by atoms with Crippen LogP contribution in [0.2, 0.25) is 0 Å². The summed E-state index contributed by atoms with van der Waals surface area (Å²) in [5.74, 6) is 1.65. The van der Waals surface area contributed by atoms with E-state index in [0.29, 0.717) is 11.2 Å². The summed E-state index contributed by atoms with van der Waals surface area (Å²) >= 11 is 5.41. The molecule has 21 heavy (non-hydrogen) atoms. The lowest BCUT2D eigenvalue weighted by Crippen LogP contribution is -2.41. The predicted octanol–water partition coefficient (Wildman–Crippen LogP) is 3.17. The smallest absolute Gasteiger partial charge is 0.166 e. The van der Waals surface area contributed by atoms with Gasteiger partial charge in [-0.2, -0.15) is 0 Å². The average molecular weight is 308 g/mol. The first kappa shape index (κ1) is 15.9. The molecule has 1 aliphatic rings. The number of thiocarbonyl (C=S) groups is 1. The van der Waals surface area contributed by atoms with Crippen molar-refractivity contribution in [3.05, 3.63) is 23.8 Å². The Labute approximate surface area is 132 Å². The molecule has 0 bridgehead atoms. The van der Waals surface area contributed by atoms with Crippen LogP contribution in [0.4, 0.5) is 0 Å². The van der Waals surface area contributed by atoms with Crippen molar-refractivity contribution in [2.24, 2.45) is 0 Å². The highest BCUT2D eigenvalue weighted by atomic mass is 32.1. The van der Waals surface area contributed by atoms with Gasteiger partial charge in [0.05, 0.1) is 20.3 Å². The molecule has 1 atom stereocenters. The zero-order valence-electron chi connectivity index (χ0n) is 12.9. The highest BCUT2D eigenvalue weighted by Gasteiger charge is 2.18. The van der Waals surface area contributed by atoms with Crippen LogP contribution in [0.15, 0.2) is 18.2 Å². The van der Waals surface area contributed by atoms with Crippen molar-refractivity contribution in [1.29, 1.82) is 0 Å². The number of ether oxygens (including phenoxy) is 2. The van der Waals surface area contributed by atoms with Gasteiger partial charge in [0.2, 0.25) is 0 Å². The van der Waals surface area contributed by atoms with Crippen LogP contribution in [0.1, 0.15) is 44.2 Å². The Balaban J connectivity index is 2.01. The van der Waals surface area contributed by atoms with Crippen LogP contribution < -0.4 is 20.1 Å². The quantitative estimate of drug-likeness (QED) is 0.818. The summed E-state index contributed by atoms with van der Waals surface area (Å²) in [6.45, 7) is 2.07. The molecular weight excluding hydrogens is 284 g/mol. The SMILES string of the molecule is COc1ccc(OC)c(C(C)NC(=S)NC2CCCC2)c1. The standard InChI is InChI=1S/C16H24N2O2S/c1-11(17-16(21)18-12-6-4-5-7-12)14-10-13(19-2)8-9-15(14)20-3/h8-12H,4-7H2,1-3H3,(H2,17,18,21). The van der Waals surface area contributed by atoms with Crippen molar-refractivity contribution in [2.75, 3.05) is 14.2 Å². The second-order valence-electron chi connectivity index (χ2n) is 5.43. The molecule has 0 aromatic heterocycles. The van der Waals surface area contributed by atoms with Gasteiger partial charge in [-0.25, -0.2) is 0 Å². The van der Waals surface area contributed by atoms with Gasteiger partial charge in [-0.15, -0.1) is 0 Å². The van der Waals surface area contributed by atoms with Crippen molar-refractivity contribution in [1.82, 2.24) is 10.6 Å². The first-order valence-electron chi connectivity index (χ1n) is 7.43. The molecule has 116 valence electrons. The number of benzene rings is 1. The van der Waals surface area contributed by atoms with E-state index in [1.165, 1.54) is 25.7 Å². The van der Waals surface area contributed by atoms with Crippen LogP contribution >= 0.6 is 12.2 Å². The van der Waals surface area contributed by atoms with E-state index in [2.05, 4.69) is 17.6 Å². The fraction of sp³-hybridized carbons (Fsp3) is 0.562. The van der Waals surface area contributed by atoms with E-state index in [0.717, 1.165) is 17.1 Å². The minimum absolute atomic E-state index is 0.0523.